The Balaban J connectivity index is 1.67. The van der Waals surface area contributed by atoms with Gasteiger partial charge >= 0.3 is 0 Å². The van der Waals surface area contributed by atoms with Gasteiger partial charge in [0.2, 0.25) is 11.8 Å². The number of anilines is 1. The molecule has 24 heavy (non-hydrogen) atoms. The van der Waals surface area contributed by atoms with E-state index < -0.39 is 0 Å². The second kappa shape index (κ2) is 9.34. The first-order valence-corrected chi connectivity index (χ1v) is 8.33. The van der Waals surface area contributed by atoms with E-state index in [9.17, 15) is 14.0 Å². The highest BCUT2D eigenvalue weighted by Gasteiger charge is 2.20. The first-order chi connectivity index (χ1) is 11.6. The van der Waals surface area contributed by atoms with Gasteiger partial charge in [0, 0.05) is 38.4 Å². The van der Waals surface area contributed by atoms with Crippen molar-refractivity contribution in [3.8, 4) is 0 Å². The minimum absolute atomic E-state index is 0.0550. The Labute approximate surface area is 142 Å². The van der Waals surface area contributed by atoms with E-state index in [1.165, 1.54) is 12.1 Å². The number of halogens is 1. The molecule has 1 aromatic carbocycles. The van der Waals surface area contributed by atoms with Crippen molar-refractivity contribution in [3.05, 3.63) is 30.1 Å². The number of hydrogen-bond acceptors (Lipinski definition) is 4. The SMILES string of the molecule is CCCNC(=O)CN1CCN(CC(=O)Nc2ccc(F)cc2)CC1. The fourth-order valence-corrected chi connectivity index (χ4v) is 2.57. The summed E-state index contributed by atoms with van der Waals surface area (Å²) in [6.07, 6.45) is 0.933. The normalized spacial score (nSPS) is 15.9. The van der Waals surface area contributed by atoms with E-state index in [-0.39, 0.29) is 17.6 Å². The lowest BCUT2D eigenvalue weighted by Crippen LogP contribution is -2.51. The van der Waals surface area contributed by atoms with Crippen molar-refractivity contribution in [3.63, 3.8) is 0 Å². The largest absolute Gasteiger partial charge is 0.355 e. The summed E-state index contributed by atoms with van der Waals surface area (Å²) in [5.41, 5.74) is 0.590. The highest BCUT2D eigenvalue weighted by molar-refractivity contribution is 5.92. The lowest BCUT2D eigenvalue weighted by atomic mass is 10.3. The molecule has 1 aromatic rings. The molecule has 0 bridgehead atoms. The Morgan fingerprint density at radius 2 is 1.54 bits per heavy atom. The standard InChI is InChI=1S/C17H25FN4O2/c1-2-7-19-16(23)12-21-8-10-22(11-9-21)13-17(24)20-15-5-3-14(18)4-6-15/h3-6H,2,7-13H2,1H3,(H,19,23)(H,20,24). The zero-order valence-electron chi connectivity index (χ0n) is 14.1. The second-order valence-electron chi connectivity index (χ2n) is 5.96. The van der Waals surface area contributed by atoms with Crippen molar-refractivity contribution in [2.75, 3.05) is 51.1 Å². The van der Waals surface area contributed by atoms with Crippen LogP contribution in [-0.2, 0) is 9.59 Å². The third-order valence-corrected chi connectivity index (χ3v) is 3.90. The minimum Gasteiger partial charge on any atom is -0.355 e. The Bertz CT molecular complexity index is 542. The van der Waals surface area contributed by atoms with Gasteiger partial charge in [0.05, 0.1) is 13.1 Å². The van der Waals surface area contributed by atoms with Crippen LogP contribution in [-0.4, -0.2) is 67.4 Å². The lowest BCUT2D eigenvalue weighted by molar-refractivity contribution is -0.123. The van der Waals surface area contributed by atoms with Crippen molar-refractivity contribution in [2.45, 2.75) is 13.3 Å². The van der Waals surface area contributed by atoms with Gasteiger partial charge in [0.1, 0.15) is 5.82 Å². The fourth-order valence-electron chi connectivity index (χ4n) is 2.57. The Morgan fingerprint density at radius 1 is 1.00 bits per heavy atom. The molecule has 0 saturated carbocycles. The number of carbonyl (C=O) groups excluding carboxylic acids is 2. The Morgan fingerprint density at radius 3 is 2.08 bits per heavy atom. The maximum Gasteiger partial charge on any atom is 0.238 e. The topological polar surface area (TPSA) is 64.7 Å². The van der Waals surface area contributed by atoms with Crippen LogP contribution in [0.3, 0.4) is 0 Å². The van der Waals surface area contributed by atoms with E-state index in [0.29, 0.717) is 25.3 Å². The average Bonchev–Trinajstić information content (AvgIpc) is 2.57. The van der Waals surface area contributed by atoms with Gasteiger partial charge in [0.25, 0.3) is 0 Å². The average molecular weight is 336 g/mol. The third kappa shape index (κ3) is 6.25. The molecule has 1 aliphatic heterocycles. The molecule has 1 aliphatic rings. The first kappa shape index (κ1) is 18.4. The molecule has 0 radical (unpaired) electrons. The molecule has 0 atom stereocenters. The summed E-state index contributed by atoms with van der Waals surface area (Å²) in [5, 5.41) is 5.63. The van der Waals surface area contributed by atoms with Gasteiger partial charge in [-0.1, -0.05) is 6.92 Å². The fraction of sp³-hybridized carbons (Fsp3) is 0.529. The van der Waals surface area contributed by atoms with Crippen LogP contribution in [0, 0.1) is 5.82 Å². The van der Waals surface area contributed by atoms with Gasteiger partial charge in [0.15, 0.2) is 0 Å². The number of benzene rings is 1. The number of carbonyl (C=O) groups is 2. The Hall–Kier alpha value is -1.99. The molecule has 0 aliphatic carbocycles. The van der Waals surface area contributed by atoms with Gasteiger partial charge in [-0.3, -0.25) is 19.4 Å². The summed E-state index contributed by atoms with van der Waals surface area (Å²) < 4.78 is 12.8. The van der Waals surface area contributed by atoms with Gasteiger partial charge in [-0.05, 0) is 30.7 Å². The highest BCUT2D eigenvalue weighted by atomic mass is 19.1. The first-order valence-electron chi connectivity index (χ1n) is 8.33. The number of rotatable bonds is 7. The number of amides is 2. The van der Waals surface area contributed by atoms with Crippen LogP contribution in [0.1, 0.15) is 13.3 Å². The molecule has 1 fully saturated rings. The van der Waals surface area contributed by atoms with Crippen LogP contribution in [0.15, 0.2) is 24.3 Å². The van der Waals surface area contributed by atoms with Crippen LogP contribution in [0.2, 0.25) is 0 Å². The molecule has 0 spiro atoms. The molecule has 1 saturated heterocycles. The van der Waals surface area contributed by atoms with Crippen LogP contribution in [0.25, 0.3) is 0 Å². The smallest absolute Gasteiger partial charge is 0.238 e. The molecule has 2 N–H and O–H groups in total. The van der Waals surface area contributed by atoms with Crippen LogP contribution >= 0.6 is 0 Å². The lowest BCUT2D eigenvalue weighted by Gasteiger charge is -2.33. The number of nitrogens with zero attached hydrogens (tertiary/aromatic N) is 2. The zero-order valence-corrected chi connectivity index (χ0v) is 14.1. The van der Waals surface area contributed by atoms with Crippen molar-refractivity contribution >= 4 is 17.5 Å². The third-order valence-electron chi connectivity index (χ3n) is 3.90. The molecule has 2 rings (SSSR count). The van der Waals surface area contributed by atoms with Crippen molar-refractivity contribution < 1.29 is 14.0 Å². The molecule has 2 amide bonds. The Kier molecular flexibility index (Phi) is 7.14. The van der Waals surface area contributed by atoms with Gasteiger partial charge < -0.3 is 10.6 Å². The van der Waals surface area contributed by atoms with Crippen LogP contribution in [0.4, 0.5) is 10.1 Å². The van der Waals surface area contributed by atoms with E-state index in [1.807, 2.05) is 6.92 Å². The molecule has 7 heteroatoms. The number of nitrogens with one attached hydrogen (secondary N) is 2. The quantitative estimate of drug-likeness (QED) is 0.777. The van der Waals surface area contributed by atoms with Gasteiger partial charge in [-0.15, -0.1) is 0 Å². The monoisotopic (exact) mass is 336 g/mol. The maximum absolute atomic E-state index is 12.8. The van der Waals surface area contributed by atoms with Crippen LogP contribution in [0.5, 0.6) is 0 Å². The van der Waals surface area contributed by atoms with Crippen molar-refractivity contribution in [1.82, 2.24) is 15.1 Å². The summed E-state index contributed by atoms with van der Waals surface area (Å²) in [6, 6.07) is 5.72. The zero-order chi connectivity index (χ0) is 17.4. The van der Waals surface area contributed by atoms with Crippen LogP contribution < -0.4 is 10.6 Å². The molecular formula is C17H25FN4O2. The molecule has 0 unspecified atom stereocenters. The summed E-state index contributed by atoms with van der Waals surface area (Å²) in [4.78, 5) is 27.9. The molecular weight excluding hydrogens is 311 g/mol. The van der Waals surface area contributed by atoms with Crippen molar-refractivity contribution in [1.29, 1.82) is 0 Å². The maximum atomic E-state index is 12.8. The predicted molar refractivity (Wildman–Crippen MR) is 91.2 cm³/mol. The predicted octanol–water partition coefficient (Wildman–Crippen LogP) is 0.908. The number of piperazine rings is 1. The summed E-state index contributed by atoms with van der Waals surface area (Å²) in [6.45, 7) is 6.48. The number of hydrogen-bond donors (Lipinski definition) is 2. The van der Waals surface area contributed by atoms with E-state index >= 15 is 0 Å². The summed E-state index contributed by atoms with van der Waals surface area (Å²) >= 11 is 0. The van der Waals surface area contributed by atoms with Gasteiger partial charge in [-0.2, -0.15) is 0 Å². The molecule has 0 aromatic heterocycles. The molecule has 6 nitrogen and oxygen atoms in total. The summed E-state index contributed by atoms with van der Waals surface area (Å²) in [5.74, 6) is -0.387. The summed E-state index contributed by atoms with van der Waals surface area (Å²) in [7, 11) is 0. The van der Waals surface area contributed by atoms with E-state index in [4.69, 9.17) is 0 Å². The van der Waals surface area contributed by atoms with E-state index in [2.05, 4.69) is 20.4 Å². The molecule has 132 valence electrons. The second-order valence-corrected chi connectivity index (χ2v) is 5.96. The highest BCUT2D eigenvalue weighted by Crippen LogP contribution is 2.08. The molecule has 1 heterocycles. The van der Waals surface area contributed by atoms with Gasteiger partial charge in [-0.25, -0.2) is 4.39 Å². The minimum atomic E-state index is -0.327. The van der Waals surface area contributed by atoms with E-state index in [1.54, 1.807) is 12.1 Å². The van der Waals surface area contributed by atoms with E-state index in [0.717, 1.165) is 32.6 Å². The van der Waals surface area contributed by atoms with Crippen molar-refractivity contribution in [2.24, 2.45) is 0 Å².